The molecule has 20 heavy (non-hydrogen) atoms. The van der Waals surface area contributed by atoms with Gasteiger partial charge in [0.05, 0.1) is 5.56 Å². The zero-order valence-corrected chi connectivity index (χ0v) is 11.1. The van der Waals surface area contributed by atoms with Crippen LogP contribution in [0.2, 0.25) is 0 Å². The molecule has 0 heterocycles. The van der Waals surface area contributed by atoms with E-state index in [2.05, 4.69) is 10.6 Å². The molecule has 1 aliphatic rings. The van der Waals surface area contributed by atoms with E-state index in [0.29, 0.717) is 5.92 Å². The number of nitrogens with one attached hydrogen (secondary N) is 2. The molecular weight excluding hydrogens is 263 g/mol. The normalized spacial score (nSPS) is 15.5. The van der Waals surface area contributed by atoms with Crippen LogP contribution in [0.1, 0.15) is 36.5 Å². The van der Waals surface area contributed by atoms with Gasteiger partial charge in [0, 0.05) is 11.7 Å². The Morgan fingerprint density at radius 1 is 1.45 bits per heavy atom. The van der Waals surface area contributed by atoms with Crippen LogP contribution in [0.15, 0.2) is 18.2 Å². The first-order valence-corrected chi connectivity index (χ1v) is 6.56. The van der Waals surface area contributed by atoms with Gasteiger partial charge in [0.1, 0.15) is 5.82 Å². The lowest BCUT2D eigenvalue weighted by Gasteiger charge is -2.14. The summed E-state index contributed by atoms with van der Waals surface area (Å²) < 4.78 is 13.4. The van der Waals surface area contributed by atoms with Gasteiger partial charge in [-0.15, -0.1) is 0 Å². The molecule has 1 saturated carbocycles. The van der Waals surface area contributed by atoms with Crippen molar-refractivity contribution in [2.24, 2.45) is 5.92 Å². The molecule has 0 aromatic heterocycles. The Morgan fingerprint density at radius 2 is 2.15 bits per heavy atom. The molecule has 0 saturated heterocycles. The number of carbonyl (C=O) groups is 2. The third-order valence-electron chi connectivity index (χ3n) is 3.22. The number of carboxylic acid groups (broad SMARTS) is 1. The van der Waals surface area contributed by atoms with E-state index in [4.69, 9.17) is 5.11 Å². The van der Waals surface area contributed by atoms with E-state index in [-0.39, 0.29) is 11.7 Å². The molecule has 1 atom stereocenters. The Labute approximate surface area is 116 Å². The minimum atomic E-state index is -1.34. The molecule has 1 unspecified atom stereocenters. The van der Waals surface area contributed by atoms with Gasteiger partial charge >= 0.3 is 12.0 Å². The number of anilines is 1. The highest BCUT2D eigenvalue weighted by Crippen LogP contribution is 2.33. The van der Waals surface area contributed by atoms with Crippen LogP contribution in [-0.4, -0.2) is 23.1 Å². The first kappa shape index (κ1) is 14.3. The fourth-order valence-electron chi connectivity index (χ4n) is 2.07. The third kappa shape index (κ3) is 3.94. The molecule has 5 nitrogen and oxygen atoms in total. The quantitative estimate of drug-likeness (QED) is 0.776. The molecule has 108 valence electrons. The summed E-state index contributed by atoms with van der Waals surface area (Å²) in [6.45, 7) is 1.92. The number of rotatable bonds is 5. The predicted octanol–water partition coefficient (Wildman–Crippen LogP) is 2.83. The monoisotopic (exact) mass is 280 g/mol. The minimum Gasteiger partial charge on any atom is -0.478 e. The number of urea groups is 1. The van der Waals surface area contributed by atoms with Crippen molar-refractivity contribution in [3.63, 3.8) is 0 Å². The number of benzene rings is 1. The molecule has 0 spiro atoms. The standard InChI is InChI=1S/C14H17FN2O3/c1-8(6-9-2-3-9)16-14(20)17-10-4-5-11(13(18)19)12(15)7-10/h4-5,7-9H,2-3,6H2,1H3,(H,18,19)(H2,16,17,20). The van der Waals surface area contributed by atoms with Gasteiger partial charge in [0.15, 0.2) is 0 Å². The number of carboxylic acids is 1. The second-order valence-corrected chi connectivity index (χ2v) is 5.18. The van der Waals surface area contributed by atoms with Gasteiger partial charge in [-0.3, -0.25) is 0 Å². The van der Waals surface area contributed by atoms with Gasteiger partial charge < -0.3 is 15.7 Å². The first-order chi connectivity index (χ1) is 9.45. The first-order valence-electron chi connectivity index (χ1n) is 6.56. The average molecular weight is 280 g/mol. The highest BCUT2D eigenvalue weighted by atomic mass is 19.1. The third-order valence-corrected chi connectivity index (χ3v) is 3.22. The number of hydrogen-bond acceptors (Lipinski definition) is 2. The molecule has 3 N–H and O–H groups in total. The van der Waals surface area contributed by atoms with E-state index in [1.165, 1.54) is 18.9 Å². The zero-order valence-electron chi connectivity index (χ0n) is 11.1. The maximum atomic E-state index is 13.4. The molecule has 0 radical (unpaired) electrons. The Kier molecular flexibility index (Phi) is 4.22. The van der Waals surface area contributed by atoms with Crippen molar-refractivity contribution in [2.75, 3.05) is 5.32 Å². The number of halogens is 1. The minimum absolute atomic E-state index is 0.0608. The molecule has 1 aromatic carbocycles. The van der Waals surface area contributed by atoms with Crippen LogP contribution in [0.4, 0.5) is 14.9 Å². The van der Waals surface area contributed by atoms with Gasteiger partial charge in [-0.25, -0.2) is 14.0 Å². The van der Waals surface area contributed by atoms with E-state index in [0.717, 1.165) is 18.6 Å². The Bertz CT molecular complexity index is 529. The summed E-state index contributed by atoms with van der Waals surface area (Å²) in [4.78, 5) is 22.4. The summed E-state index contributed by atoms with van der Waals surface area (Å²) in [6, 6.07) is 3.12. The van der Waals surface area contributed by atoms with Gasteiger partial charge in [0.25, 0.3) is 0 Å². The van der Waals surface area contributed by atoms with Gasteiger partial charge in [-0.2, -0.15) is 0 Å². The van der Waals surface area contributed by atoms with Gasteiger partial charge in [-0.05, 0) is 37.5 Å². The number of carbonyl (C=O) groups excluding carboxylic acids is 1. The molecule has 6 heteroatoms. The van der Waals surface area contributed by atoms with E-state index < -0.39 is 23.4 Å². The maximum Gasteiger partial charge on any atom is 0.338 e. The summed E-state index contributed by atoms with van der Waals surface area (Å²) in [5, 5.41) is 14.0. The molecule has 2 amide bonds. The summed E-state index contributed by atoms with van der Waals surface area (Å²) in [6.07, 6.45) is 3.38. The highest BCUT2D eigenvalue weighted by Gasteiger charge is 2.24. The second-order valence-electron chi connectivity index (χ2n) is 5.18. The van der Waals surface area contributed by atoms with Crippen molar-refractivity contribution in [2.45, 2.75) is 32.2 Å². The van der Waals surface area contributed by atoms with Crippen molar-refractivity contribution in [3.8, 4) is 0 Å². The predicted molar refractivity (Wildman–Crippen MR) is 72.3 cm³/mol. The van der Waals surface area contributed by atoms with Crippen molar-refractivity contribution >= 4 is 17.7 Å². The molecule has 1 aliphatic carbocycles. The fourth-order valence-corrected chi connectivity index (χ4v) is 2.07. The molecule has 1 fully saturated rings. The van der Waals surface area contributed by atoms with Crippen molar-refractivity contribution in [1.29, 1.82) is 0 Å². The lowest BCUT2D eigenvalue weighted by molar-refractivity contribution is 0.0692. The molecule has 2 rings (SSSR count). The van der Waals surface area contributed by atoms with Crippen LogP contribution in [0.25, 0.3) is 0 Å². The molecular formula is C14H17FN2O3. The lowest BCUT2D eigenvalue weighted by atomic mass is 10.1. The smallest absolute Gasteiger partial charge is 0.338 e. The van der Waals surface area contributed by atoms with Crippen LogP contribution in [0.5, 0.6) is 0 Å². The van der Waals surface area contributed by atoms with E-state index in [1.54, 1.807) is 0 Å². The van der Waals surface area contributed by atoms with E-state index in [1.807, 2.05) is 6.92 Å². The maximum absolute atomic E-state index is 13.4. The largest absolute Gasteiger partial charge is 0.478 e. The van der Waals surface area contributed by atoms with Crippen LogP contribution < -0.4 is 10.6 Å². The fraction of sp³-hybridized carbons (Fsp3) is 0.429. The second kappa shape index (κ2) is 5.90. The van der Waals surface area contributed by atoms with Crippen molar-refractivity contribution in [3.05, 3.63) is 29.6 Å². The van der Waals surface area contributed by atoms with Gasteiger partial charge in [0.2, 0.25) is 0 Å². The summed E-state index contributed by atoms with van der Waals surface area (Å²) in [5.41, 5.74) is -0.193. The van der Waals surface area contributed by atoms with Crippen LogP contribution >= 0.6 is 0 Å². The Hall–Kier alpha value is -2.11. The van der Waals surface area contributed by atoms with Crippen LogP contribution in [0, 0.1) is 11.7 Å². The van der Waals surface area contributed by atoms with Crippen molar-refractivity contribution < 1.29 is 19.1 Å². The molecule has 0 aliphatic heterocycles. The Balaban J connectivity index is 1.90. The van der Waals surface area contributed by atoms with E-state index in [9.17, 15) is 14.0 Å². The lowest BCUT2D eigenvalue weighted by Crippen LogP contribution is -2.36. The zero-order chi connectivity index (χ0) is 14.7. The number of aromatic carboxylic acids is 1. The summed E-state index contributed by atoms with van der Waals surface area (Å²) >= 11 is 0. The Morgan fingerprint density at radius 3 is 2.70 bits per heavy atom. The SMILES string of the molecule is CC(CC1CC1)NC(=O)Nc1ccc(C(=O)O)c(F)c1. The summed E-state index contributed by atoms with van der Waals surface area (Å²) in [7, 11) is 0. The van der Waals surface area contributed by atoms with E-state index >= 15 is 0 Å². The van der Waals surface area contributed by atoms with Gasteiger partial charge in [-0.1, -0.05) is 12.8 Å². The average Bonchev–Trinajstić information content (AvgIpc) is 3.11. The van der Waals surface area contributed by atoms with Crippen LogP contribution in [0.3, 0.4) is 0 Å². The number of amides is 2. The highest BCUT2D eigenvalue weighted by molar-refractivity contribution is 5.91. The van der Waals surface area contributed by atoms with Crippen LogP contribution in [-0.2, 0) is 0 Å². The topological polar surface area (TPSA) is 78.4 Å². The molecule has 1 aromatic rings. The number of hydrogen-bond donors (Lipinski definition) is 3. The molecule has 0 bridgehead atoms. The van der Waals surface area contributed by atoms with Crippen molar-refractivity contribution in [1.82, 2.24) is 5.32 Å². The summed E-state index contributed by atoms with van der Waals surface area (Å²) in [5.74, 6) is -1.50.